The molecule has 158 valence electrons. The van der Waals surface area contributed by atoms with Gasteiger partial charge in [-0.1, -0.05) is 12.1 Å². The summed E-state index contributed by atoms with van der Waals surface area (Å²) in [5.74, 6) is 2.40. The highest BCUT2D eigenvalue weighted by Crippen LogP contribution is 2.28. The van der Waals surface area contributed by atoms with Gasteiger partial charge >= 0.3 is 0 Å². The maximum atomic E-state index is 6.06. The Bertz CT molecular complexity index is 810. The lowest BCUT2D eigenvalue weighted by Crippen LogP contribution is -2.31. The van der Waals surface area contributed by atoms with E-state index in [9.17, 15) is 0 Å². The Balaban J connectivity index is 0.00000300. The molecule has 1 aliphatic rings. The molecule has 0 saturated heterocycles. The van der Waals surface area contributed by atoms with E-state index in [0.717, 1.165) is 24.0 Å². The first-order valence-corrected chi connectivity index (χ1v) is 9.55. The van der Waals surface area contributed by atoms with Gasteiger partial charge in [0.1, 0.15) is 6.10 Å². The molecule has 0 bridgehead atoms. The number of nitrogens with zero attached hydrogens (tertiary/aromatic N) is 2. The number of hydrogen-bond acceptors (Lipinski definition) is 5. The van der Waals surface area contributed by atoms with E-state index in [1.54, 1.807) is 20.4 Å². The van der Waals surface area contributed by atoms with Gasteiger partial charge in [0.25, 0.3) is 0 Å². The maximum absolute atomic E-state index is 6.06. The number of ether oxygens (including phenoxy) is 3. The van der Waals surface area contributed by atoms with Crippen molar-refractivity contribution in [2.45, 2.75) is 44.9 Å². The van der Waals surface area contributed by atoms with Crippen molar-refractivity contribution in [2.24, 2.45) is 10.7 Å². The molecule has 1 saturated carbocycles. The first-order chi connectivity index (χ1) is 13.7. The van der Waals surface area contributed by atoms with Crippen molar-refractivity contribution in [1.82, 2.24) is 10.3 Å². The molecule has 0 spiro atoms. The molecule has 29 heavy (non-hydrogen) atoms. The van der Waals surface area contributed by atoms with Crippen molar-refractivity contribution in [3.8, 4) is 17.4 Å². The van der Waals surface area contributed by atoms with E-state index in [0.29, 0.717) is 36.4 Å². The van der Waals surface area contributed by atoms with Crippen LogP contribution in [0.5, 0.6) is 17.4 Å². The second-order valence-corrected chi connectivity index (χ2v) is 6.74. The lowest BCUT2D eigenvalue weighted by atomic mass is 10.2. The molecule has 3 rings (SSSR count). The Kier molecular flexibility index (Phi) is 9.30. The van der Waals surface area contributed by atoms with Gasteiger partial charge in [-0.05, 0) is 49.4 Å². The number of guanidine groups is 1. The fourth-order valence-electron chi connectivity index (χ4n) is 3.23. The minimum Gasteiger partial charge on any atom is -0.493 e. The molecule has 8 heteroatoms. The highest BCUT2D eigenvalue weighted by Gasteiger charge is 2.18. The lowest BCUT2D eigenvalue weighted by molar-refractivity contribution is 0.199. The number of nitrogens with two attached hydrogens (primary N) is 1. The van der Waals surface area contributed by atoms with E-state index in [1.165, 1.54) is 12.8 Å². The Morgan fingerprint density at radius 2 is 1.93 bits per heavy atom. The van der Waals surface area contributed by atoms with Crippen LogP contribution in [0.25, 0.3) is 0 Å². The second-order valence-electron chi connectivity index (χ2n) is 6.74. The maximum Gasteiger partial charge on any atom is 0.218 e. The molecule has 3 N–H and O–H groups in total. The predicted octanol–water partition coefficient (Wildman–Crippen LogP) is 3.64. The molecule has 0 radical (unpaired) electrons. The normalized spacial score (nSPS) is 14.2. The molecular formula is C21H29IN4O3. The molecule has 0 amide bonds. The Hall–Kier alpha value is -2.23. The van der Waals surface area contributed by atoms with Crippen molar-refractivity contribution in [3.05, 3.63) is 47.7 Å². The number of aromatic nitrogens is 1. The van der Waals surface area contributed by atoms with Crippen LogP contribution in [-0.4, -0.2) is 31.3 Å². The fraction of sp³-hybridized carbons (Fsp3) is 0.429. The average Bonchev–Trinajstić information content (AvgIpc) is 3.24. The lowest BCUT2D eigenvalue weighted by Gasteiger charge is -2.15. The molecule has 2 aromatic rings. The van der Waals surface area contributed by atoms with E-state index in [2.05, 4.69) is 15.3 Å². The third-order valence-corrected chi connectivity index (χ3v) is 4.77. The Morgan fingerprint density at radius 1 is 1.17 bits per heavy atom. The summed E-state index contributed by atoms with van der Waals surface area (Å²) in [6.07, 6.45) is 6.66. The fourth-order valence-corrected chi connectivity index (χ4v) is 3.23. The summed E-state index contributed by atoms with van der Waals surface area (Å²) < 4.78 is 16.6. The van der Waals surface area contributed by atoms with E-state index in [1.807, 2.05) is 30.3 Å². The molecular weight excluding hydrogens is 483 g/mol. The van der Waals surface area contributed by atoms with Crippen LogP contribution in [0.15, 0.2) is 41.5 Å². The van der Waals surface area contributed by atoms with E-state index < -0.39 is 0 Å². The van der Waals surface area contributed by atoms with Crippen LogP contribution < -0.4 is 25.3 Å². The van der Waals surface area contributed by atoms with Gasteiger partial charge in [0.15, 0.2) is 17.5 Å². The Morgan fingerprint density at radius 3 is 2.66 bits per heavy atom. The van der Waals surface area contributed by atoms with E-state index >= 15 is 0 Å². The highest BCUT2D eigenvalue weighted by molar-refractivity contribution is 14.0. The standard InChI is InChI=1S/C21H28N4O3.HI/c1-26-18-10-9-15(12-19(18)27-2)13-24-21(22)25-14-16-6-5-11-23-20(16)28-17-7-3-4-8-17;/h5-6,9-12,17H,3-4,7-8,13-14H2,1-2H3,(H3,22,24,25);1H. The van der Waals surface area contributed by atoms with Crippen LogP contribution in [0.1, 0.15) is 36.8 Å². The zero-order valence-corrected chi connectivity index (χ0v) is 19.2. The van der Waals surface area contributed by atoms with Crippen LogP contribution in [0.2, 0.25) is 0 Å². The summed E-state index contributed by atoms with van der Waals surface area (Å²) >= 11 is 0. The number of methoxy groups -OCH3 is 2. The third kappa shape index (κ3) is 6.66. The van der Waals surface area contributed by atoms with Crippen LogP contribution >= 0.6 is 24.0 Å². The first-order valence-electron chi connectivity index (χ1n) is 9.55. The molecule has 1 aliphatic carbocycles. The summed E-state index contributed by atoms with van der Waals surface area (Å²) in [6.45, 7) is 0.953. The van der Waals surface area contributed by atoms with Crippen LogP contribution in [0.3, 0.4) is 0 Å². The van der Waals surface area contributed by atoms with Gasteiger partial charge < -0.3 is 25.3 Å². The zero-order valence-electron chi connectivity index (χ0n) is 16.9. The molecule has 1 aromatic heterocycles. The monoisotopic (exact) mass is 512 g/mol. The van der Waals surface area contributed by atoms with Crippen LogP contribution in [0, 0.1) is 0 Å². The zero-order chi connectivity index (χ0) is 19.8. The van der Waals surface area contributed by atoms with E-state index in [4.69, 9.17) is 19.9 Å². The summed E-state index contributed by atoms with van der Waals surface area (Å²) in [6, 6.07) is 9.58. The summed E-state index contributed by atoms with van der Waals surface area (Å²) in [7, 11) is 3.22. The second kappa shape index (κ2) is 11.7. The van der Waals surface area contributed by atoms with Crippen molar-refractivity contribution >= 4 is 29.9 Å². The third-order valence-electron chi connectivity index (χ3n) is 4.77. The van der Waals surface area contributed by atoms with Gasteiger partial charge in [-0.2, -0.15) is 0 Å². The quantitative estimate of drug-likeness (QED) is 0.319. The van der Waals surface area contributed by atoms with Gasteiger partial charge in [0.05, 0.1) is 20.8 Å². The van der Waals surface area contributed by atoms with Gasteiger partial charge in [-0.15, -0.1) is 24.0 Å². The minimum absolute atomic E-state index is 0. The van der Waals surface area contributed by atoms with Crippen LogP contribution in [0.4, 0.5) is 0 Å². The number of halogens is 1. The topological polar surface area (TPSA) is 91.0 Å². The summed E-state index contributed by atoms with van der Waals surface area (Å²) in [5.41, 5.74) is 7.98. The smallest absolute Gasteiger partial charge is 0.218 e. The minimum atomic E-state index is 0. The van der Waals surface area contributed by atoms with Gasteiger partial charge in [-0.3, -0.25) is 0 Å². The SMILES string of the molecule is COc1ccc(CN=C(N)NCc2cccnc2OC2CCCC2)cc1OC.I. The van der Waals surface area contributed by atoms with Crippen LogP contribution in [-0.2, 0) is 13.1 Å². The van der Waals surface area contributed by atoms with Crippen molar-refractivity contribution in [1.29, 1.82) is 0 Å². The number of nitrogens with one attached hydrogen (secondary N) is 1. The first kappa shape index (κ1) is 23.1. The number of aliphatic imine (C=N–C) groups is 1. The summed E-state index contributed by atoms with van der Waals surface area (Å²) in [4.78, 5) is 8.78. The van der Waals surface area contributed by atoms with Crippen molar-refractivity contribution < 1.29 is 14.2 Å². The van der Waals surface area contributed by atoms with Gasteiger partial charge in [0, 0.05) is 18.3 Å². The van der Waals surface area contributed by atoms with Crippen molar-refractivity contribution in [2.75, 3.05) is 14.2 Å². The molecule has 0 atom stereocenters. The van der Waals surface area contributed by atoms with Crippen molar-refractivity contribution in [3.63, 3.8) is 0 Å². The average molecular weight is 512 g/mol. The van der Waals surface area contributed by atoms with E-state index in [-0.39, 0.29) is 30.1 Å². The highest BCUT2D eigenvalue weighted by atomic mass is 127. The number of pyridine rings is 1. The predicted molar refractivity (Wildman–Crippen MR) is 124 cm³/mol. The van der Waals surface area contributed by atoms with Gasteiger partial charge in [-0.25, -0.2) is 9.98 Å². The molecule has 7 nitrogen and oxygen atoms in total. The molecule has 1 heterocycles. The summed E-state index contributed by atoms with van der Waals surface area (Å²) in [5, 5.41) is 3.14. The number of benzene rings is 1. The molecule has 0 aliphatic heterocycles. The molecule has 0 unspecified atom stereocenters. The molecule has 1 aromatic carbocycles. The Labute approximate surface area is 189 Å². The van der Waals surface area contributed by atoms with Gasteiger partial charge in [0.2, 0.25) is 5.88 Å². The number of rotatable bonds is 8. The molecule has 1 fully saturated rings. The largest absolute Gasteiger partial charge is 0.493 e. The number of hydrogen-bond donors (Lipinski definition) is 2.